The molecular weight excluding hydrogens is 523 g/mol. The van der Waals surface area contributed by atoms with Gasteiger partial charge in [0, 0.05) is 3.57 Å². The molecule has 0 aliphatic heterocycles. The van der Waals surface area contributed by atoms with Gasteiger partial charge in [-0.3, -0.25) is 4.79 Å². The molecule has 2 N–H and O–H groups in total. The molecule has 0 saturated heterocycles. The molecule has 0 radical (unpaired) electrons. The highest BCUT2D eigenvalue weighted by molar-refractivity contribution is 14.1. The van der Waals surface area contributed by atoms with Crippen molar-refractivity contribution in [1.29, 1.82) is 0 Å². The first kappa shape index (κ1) is 12.7. The first-order valence-electron chi connectivity index (χ1n) is 3.50. The lowest BCUT2D eigenvalue weighted by atomic mass is 10.2. The molecule has 14 heavy (non-hydrogen) atoms. The van der Waals surface area contributed by atoms with E-state index in [0.29, 0.717) is 11.3 Å². The van der Waals surface area contributed by atoms with Crippen LogP contribution in [-0.4, -0.2) is 13.0 Å². The van der Waals surface area contributed by atoms with Gasteiger partial charge in [-0.2, -0.15) is 0 Å². The van der Waals surface area contributed by atoms with Crippen molar-refractivity contribution in [2.24, 2.45) is 5.73 Å². The second-order valence-corrected chi connectivity index (χ2v) is 5.83. The third-order valence-electron chi connectivity index (χ3n) is 1.58. The molecule has 6 heteroatoms. The van der Waals surface area contributed by atoms with Gasteiger partial charge in [0.05, 0.1) is 19.8 Å². The Bertz CT molecular complexity index is 393. The van der Waals surface area contributed by atoms with Gasteiger partial charge in [0.2, 0.25) is 0 Å². The molecule has 0 bridgehead atoms. The van der Waals surface area contributed by atoms with Gasteiger partial charge in [0.1, 0.15) is 5.75 Å². The number of rotatable bonds is 2. The normalized spacial score (nSPS) is 10.0. The predicted octanol–water partition coefficient (Wildman–Crippen LogP) is 2.61. The van der Waals surface area contributed by atoms with Crippen LogP contribution >= 0.6 is 67.8 Å². The number of amides is 1. The fourth-order valence-corrected chi connectivity index (χ4v) is 5.33. The number of methoxy groups -OCH3 is 1. The summed E-state index contributed by atoms with van der Waals surface area (Å²) in [6.07, 6.45) is 0. The van der Waals surface area contributed by atoms with E-state index in [1.54, 1.807) is 7.11 Å². The third-order valence-corrected chi connectivity index (χ3v) is 4.26. The lowest BCUT2D eigenvalue weighted by Gasteiger charge is -2.10. The first-order valence-corrected chi connectivity index (χ1v) is 6.74. The molecule has 0 fully saturated rings. The SMILES string of the molecule is COc1c(I)cc(I)c(C(N)=O)c1I. The number of carbonyl (C=O) groups is 1. The summed E-state index contributed by atoms with van der Waals surface area (Å²) in [5.41, 5.74) is 5.81. The van der Waals surface area contributed by atoms with Crippen LogP contribution in [0.3, 0.4) is 0 Å². The van der Waals surface area contributed by atoms with Crippen LogP contribution in [0.2, 0.25) is 0 Å². The van der Waals surface area contributed by atoms with E-state index in [-0.39, 0.29) is 0 Å². The summed E-state index contributed by atoms with van der Waals surface area (Å²) in [4.78, 5) is 11.2. The van der Waals surface area contributed by atoms with Crippen molar-refractivity contribution in [2.75, 3.05) is 7.11 Å². The monoisotopic (exact) mass is 529 g/mol. The fourth-order valence-electron chi connectivity index (χ4n) is 0.985. The van der Waals surface area contributed by atoms with E-state index < -0.39 is 5.91 Å². The molecule has 0 heterocycles. The highest BCUT2D eigenvalue weighted by atomic mass is 127. The summed E-state index contributed by atoms with van der Waals surface area (Å²) in [5.74, 6) is 0.286. The zero-order chi connectivity index (χ0) is 10.9. The third kappa shape index (κ3) is 2.43. The van der Waals surface area contributed by atoms with E-state index >= 15 is 0 Å². The highest BCUT2D eigenvalue weighted by Crippen LogP contribution is 2.32. The summed E-state index contributed by atoms with van der Waals surface area (Å²) in [7, 11) is 1.58. The summed E-state index contributed by atoms with van der Waals surface area (Å²) < 4.78 is 7.80. The van der Waals surface area contributed by atoms with Crippen LogP contribution in [0.1, 0.15) is 10.4 Å². The standard InChI is InChI=1S/C8H6I3NO2/c1-14-7-4(10)2-3(9)5(6(7)11)8(12)13/h2H,1H3,(H2,12,13). The number of primary amides is 1. The van der Waals surface area contributed by atoms with Crippen molar-refractivity contribution in [3.05, 3.63) is 22.3 Å². The molecule has 0 aromatic heterocycles. The molecule has 1 amide bonds. The van der Waals surface area contributed by atoms with Crippen LogP contribution in [0.15, 0.2) is 6.07 Å². The quantitative estimate of drug-likeness (QED) is 0.600. The zero-order valence-corrected chi connectivity index (χ0v) is 13.6. The van der Waals surface area contributed by atoms with E-state index in [4.69, 9.17) is 10.5 Å². The second kappa shape index (κ2) is 5.14. The number of halogens is 3. The molecule has 1 rings (SSSR count). The van der Waals surface area contributed by atoms with Crippen LogP contribution in [-0.2, 0) is 0 Å². The Morgan fingerprint density at radius 2 is 1.93 bits per heavy atom. The average molecular weight is 529 g/mol. The van der Waals surface area contributed by atoms with E-state index in [1.807, 2.05) is 6.07 Å². The van der Waals surface area contributed by atoms with Crippen molar-refractivity contribution >= 4 is 73.7 Å². The van der Waals surface area contributed by atoms with E-state index in [0.717, 1.165) is 10.7 Å². The van der Waals surface area contributed by atoms with E-state index in [9.17, 15) is 4.79 Å². The van der Waals surface area contributed by atoms with Gasteiger partial charge in [0.15, 0.2) is 0 Å². The Kier molecular flexibility index (Phi) is 4.68. The summed E-state index contributed by atoms with van der Waals surface area (Å²) in [5, 5.41) is 0. The van der Waals surface area contributed by atoms with Gasteiger partial charge < -0.3 is 10.5 Å². The number of benzene rings is 1. The van der Waals surface area contributed by atoms with Crippen LogP contribution in [0.5, 0.6) is 5.75 Å². The Labute approximate surface area is 123 Å². The minimum Gasteiger partial charge on any atom is -0.495 e. The number of hydrogen-bond acceptors (Lipinski definition) is 2. The largest absolute Gasteiger partial charge is 0.495 e. The molecule has 0 aliphatic carbocycles. The first-order chi connectivity index (χ1) is 6.49. The molecule has 0 atom stereocenters. The molecular formula is C8H6I3NO2. The van der Waals surface area contributed by atoms with Gasteiger partial charge in [0.25, 0.3) is 5.91 Å². The molecule has 0 saturated carbocycles. The maximum absolute atomic E-state index is 11.2. The summed E-state index contributed by atoms with van der Waals surface area (Å²) in [6, 6.07) is 1.88. The molecule has 0 unspecified atom stereocenters. The number of hydrogen-bond donors (Lipinski definition) is 1. The molecule has 0 spiro atoms. The average Bonchev–Trinajstić information content (AvgIpc) is 2.02. The molecule has 3 nitrogen and oxygen atoms in total. The van der Waals surface area contributed by atoms with Crippen molar-refractivity contribution in [2.45, 2.75) is 0 Å². The van der Waals surface area contributed by atoms with Gasteiger partial charge in [-0.15, -0.1) is 0 Å². The van der Waals surface area contributed by atoms with Crippen LogP contribution < -0.4 is 10.5 Å². The number of ether oxygens (including phenoxy) is 1. The molecule has 1 aromatic rings. The minimum atomic E-state index is -0.423. The zero-order valence-electron chi connectivity index (χ0n) is 7.11. The fraction of sp³-hybridized carbons (Fsp3) is 0.125. The molecule has 76 valence electrons. The lowest BCUT2D eigenvalue weighted by molar-refractivity contribution is 0.0998. The summed E-state index contributed by atoms with van der Waals surface area (Å²) >= 11 is 6.33. The van der Waals surface area contributed by atoms with Crippen LogP contribution in [0, 0.1) is 10.7 Å². The van der Waals surface area contributed by atoms with Gasteiger partial charge in [-0.25, -0.2) is 0 Å². The van der Waals surface area contributed by atoms with Gasteiger partial charge in [-0.1, -0.05) is 0 Å². The number of carbonyl (C=O) groups excluding carboxylic acids is 1. The van der Waals surface area contributed by atoms with Gasteiger partial charge in [-0.05, 0) is 73.8 Å². The van der Waals surface area contributed by atoms with E-state index in [1.165, 1.54) is 0 Å². The topological polar surface area (TPSA) is 52.3 Å². The highest BCUT2D eigenvalue weighted by Gasteiger charge is 2.17. The smallest absolute Gasteiger partial charge is 0.250 e. The molecule has 1 aromatic carbocycles. The van der Waals surface area contributed by atoms with Crippen LogP contribution in [0.25, 0.3) is 0 Å². The Balaban J connectivity index is 3.52. The van der Waals surface area contributed by atoms with Crippen molar-refractivity contribution < 1.29 is 9.53 Å². The van der Waals surface area contributed by atoms with Gasteiger partial charge >= 0.3 is 0 Å². The summed E-state index contributed by atoms with van der Waals surface area (Å²) in [6.45, 7) is 0. The maximum atomic E-state index is 11.2. The predicted molar refractivity (Wildman–Crippen MR) is 79.7 cm³/mol. The van der Waals surface area contributed by atoms with Crippen molar-refractivity contribution in [3.8, 4) is 5.75 Å². The Morgan fingerprint density at radius 3 is 2.36 bits per heavy atom. The Morgan fingerprint density at radius 1 is 1.36 bits per heavy atom. The molecule has 0 aliphatic rings. The van der Waals surface area contributed by atoms with Crippen LogP contribution in [0.4, 0.5) is 0 Å². The van der Waals surface area contributed by atoms with Crippen molar-refractivity contribution in [1.82, 2.24) is 0 Å². The number of nitrogens with two attached hydrogens (primary N) is 1. The van der Waals surface area contributed by atoms with E-state index in [2.05, 4.69) is 67.8 Å². The Hall–Kier alpha value is 0.680. The second-order valence-electron chi connectivity index (χ2n) is 2.43. The van der Waals surface area contributed by atoms with Crippen molar-refractivity contribution in [3.63, 3.8) is 0 Å². The maximum Gasteiger partial charge on any atom is 0.250 e. The lowest BCUT2D eigenvalue weighted by Crippen LogP contribution is -2.15. The minimum absolute atomic E-state index is 0.423.